The van der Waals surface area contributed by atoms with Gasteiger partial charge in [0.2, 0.25) is 0 Å². The highest BCUT2D eigenvalue weighted by atomic mass is 16.8. The van der Waals surface area contributed by atoms with Gasteiger partial charge in [0.1, 0.15) is 18.3 Å². The maximum atomic E-state index is 10.4. The highest BCUT2D eigenvalue weighted by Gasteiger charge is 2.65. The number of hydrogen-bond donors (Lipinski definition) is 1. The Balaban J connectivity index is 2.00. The maximum absolute atomic E-state index is 10.4. The minimum atomic E-state index is -1.48. The molecule has 3 heterocycles. The summed E-state index contributed by atoms with van der Waals surface area (Å²) in [5, 5.41) is 10.4. The molecule has 5 nitrogen and oxygen atoms in total. The third-order valence-corrected chi connectivity index (χ3v) is 3.26. The van der Waals surface area contributed by atoms with Crippen LogP contribution in [0.4, 0.5) is 0 Å². The van der Waals surface area contributed by atoms with Gasteiger partial charge in [-0.2, -0.15) is 0 Å². The van der Waals surface area contributed by atoms with E-state index in [-0.39, 0.29) is 6.61 Å². The lowest BCUT2D eigenvalue weighted by molar-refractivity contribution is -0.215. The Labute approximate surface area is 93.6 Å². The number of ether oxygens (including phenoxy) is 4. The van der Waals surface area contributed by atoms with Crippen LogP contribution < -0.4 is 0 Å². The Kier molecular flexibility index (Phi) is 1.95. The molecule has 3 aliphatic heterocycles. The van der Waals surface area contributed by atoms with Crippen LogP contribution in [-0.2, 0) is 18.9 Å². The van der Waals surface area contributed by atoms with Crippen LogP contribution in [0.15, 0.2) is 0 Å². The van der Waals surface area contributed by atoms with E-state index < -0.39 is 36.0 Å². The van der Waals surface area contributed by atoms with Gasteiger partial charge in [0.15, 0.2) is 17.7 Å². The fourth-order valence-corrected chi connectivity index (χ4v) is 2.51. The summed E-state index contributed by atoms with van der Waals surface area (Å²) >= 11 is 0. The van der Waals surface area contributed by atoms with Crippen molar-refractivity contribution in [2.45, 2.75) is 49.8 Å². The van der Waals surface area contributed by atoms with Crippen molar-refractivity contribution in [1.82, 2.24) is 0 Å². The first-order valence-corrected chi connectivity index (χ1v) is 5.29. The van der Waals surface area contributed by atoms with Crippen LogP contribution in [-0.4, -0.2) is 47.7 Å². The average Bonchev–Trinajstić information content (AvgIpc) is 2.78. The molecule has 0 aromatic heterocycles. The molecule has 3 fully saturated rings. The fourth-order valence-electron chi connectivity index (χ4n) is 2.51. The van der Waals surface area contributed by atoms with Gasteiger partial charge in [0.05, 0.1) is 6.61 Å². The van der Waals surface area contributed by atoms with E-state index in [1.54, 1.807) is 13.8 Å². The Morgan fingerprint density at radius 2 is 2.12 bits per heavy atom. The van der Waals surface area contributed by atoms with Gasteiger partial charge in [-0.05, 0) is 13.8 Å². The summed E-state index contributed by atoms with van der Waals surface area (Å²) in [5.41, 5.74) is -1.48. The van der Waals surface area contributed by atoms with Gasteiger partial charge in [-0.3, -0.25) is 0 Å². The van der Waals surface area contributed by atoms with Crippen LogP contribution in [0.2, 0.25) is 0 Å². The molecule has 0 radical (unpaired) electrons. The third kappa shape index (κ3) is 1.19. The number of hydrogen-bond acceptors (Lipinski definition) is 5. The highest BCUT2D eigenvalue weighted by Crippen LogP contribution is 2.45. The molecule has 0 unspecified atom stereocenters. The number of fused-ring (bicyclic) bond motifs is 4. The summed E-state index contributed by atoms with van der Waals surface area (Å²) in [6.07, 6.45) is 3.28. The molecule has 0 amide bonds. The monoisotopic (exact) mass is 226 g/mol. The molecule has 5 heteroatoms. The van der Waals surface area contributed by atoms with Crippen molar-refractivity contribution in [2.24, 2.45) is 0 Å². The first-order chi connectivity index (χ1) is 7.46. The van der Waals surface area contributed by atoms with E-state index in [1.165, 1.54) is 0 Å². The third-order valence-electron chi connectivity index (χ3n) is 3.26. The van der Waals surface area contributed by atoms with Crippen molar-refractivity contribution in [1.29, 1.82) is 0 Å². The first kappa shape index (κ1) is 10.5. The second kappa shape index (κ2) is 2.97. The minimum absolute atomic E-state index is 0.269. The van der Waals surface area contributed by atoms with Gasteiger partial charge in [0, 0.05) is 0 Å². The Morgan fingerprint density at radius 1 is 1.38 bits per heavy atom. The molecule has 5 atom stereocenters. The Hall–Kier alpha value is -0.640. The van der Waals surface area contributed by atoms with Crippen molar-refractivity contribution in [3.63, 3.8) is 0 Å². The number of aliphatic hydroxyl groups is 1. The number of rotatable bonds is 0. The molecule has 3 rings (SSSR count). The first-order valence-electron chi connectivity index (χ1n) is 5.29. The number of terminal acetylenes is 1. The van der Waals surface area contributed by atoms with E-state index >= 15 is 0 Å². The lowest BCUT2D eigenvalue weighted by Gasteiger charge is -2.38. The van der Waals surface area contributed by atoms with Crippen molar-refractivity contribution in [2.75, 3.05) is 6.61 Å². The zero-order valence-electron chi connectivity index (χ0n) is 9.17. The lowest BCUT2D eigenvalue weighted by atomic mass is 9.86. The van der Waals surface area contributed by atoms with Crippen molar-refractivity contribution < 1.29 is 24.1 Å². The average molecular weight is 226 g/mol. The van der Waals surface area contributed by atoms with Gasteiger partial charge >= 0.3 is 0 Å². The molecule has 3 saturated heterocycles. The van der Waals surface area contributed by atoms with E-state index in [0.29, 0.717) is 0 Å². The van der Waals surface area contributed by atoms with E-state index in [0.717, 1.165) is 0 Å². The second-order valence-corrected chi connectivity index (χ2v) is 4.82. The molecule has 88 valence electrons. The van der Waals surface area contributed by atoms with E-state index in [2.05, 4.69) is 5.92 Å². The largest absolute Gasteiger partial charge is 0.372 e. The molecule has 1 N–H and O–H groups in total. The standard InChI is InChI=1S/C11H14O5/c1-4-11(12)6-5-13-9(14-6)7-8(11)16-10(2,3)15-7/h1,6-9,12H,5H2,2-3H3/t6-,7+,8-,9-,11+/m1/s1. The van der Waals surface area contributed by atoms with Gasteiger partial charge in [-0.15, -0.1) is 6.42 Å². The van der Waals surface area contributed by atoms with Crippen LogP contribution >= 0.6 is 0 Å². The zero-order chi connectivity index (χ0) is 11.6. The summed E-state index contributed by atoms with van der Waals surface area (Å²) in [7, 11) is 0. The molecule has 0 aromatic carbocycles. The second-order valence-electron chi connectivity index (χ2n) is 4.82. The molecule has 0 aromatic rings. The van der Waals surface area contributed by atoms with Gasteiger partial charge in [-0.1, -0.05) is 5.92 Å². The molecule has 16 heavy (non-hydrogen) atoms. The van der Waals surface area contributed by atoms with E-state index in [9.17, 15) is 5.11 Å². The minimum Gasteiger partial charge on any atom is -0.372 e. The van der Waals surface area contributed by atoms with Crippen molar-refractivity contribution in [3.8, 4) is 12.3 Å². The summed E-state index contributed by atoms with van der Waals surface area (Å²) in [6, 6.07) is 0. The summed E-state index contributed by atoms with van der Waals surface area (Å²) < 4.78 is 22.2. The van der Waals surface area contributed by atoms with Gasteiger partial charge in [0.25, 0.3) is 0 Å². The Morgan fingerprint density at radius 3 is 2.81 bits per heavy atom. The SMILES string of the molecule is C#C[C@@]1(O)[C@@H]2OC(C)(C)O[C@@H]2[C@@H]2OC[C@H]1O2. The molecule has 2 bridgehead atoms. The molecule has 0 saturated carbocycles. The van der Waals surface area contributed by atoms with Crippen molar-refractivity contribution in [3.05, 3.63) is 0 Å². The predicted molar refractivity (Wildman–Crippen MR) is 52.2 cm³/mol. The predicted octanol–water partition coefficient (Wildman–Crippen LogP) is -0.374. The summed E-state index contributed by atoms with van der Waals surface area (Å²) in [6.45, 7) is 3.82. The summed E-state index contributed by atoms with van der Waals surface area (Å²) in [5.74, 6) is 1.58. The molecule has 0 aliphatic carbocycles. The van der Waals surface area contributed by atoms with Crippen LogP contribution in [0.3, 0.4) is 0 Å². The van der Waals surface area contributed by atoms with E-state index in [4.69, 9.17) is 25.4 Å². The Bertz CT molecular complexity index is 360. The molecule has 0 spiro atoms. The zero-order valence-corrected chi connectivity index (χ0v) is 9.17. The van der Waals surface area contributed by atoms with Crippen LogP contribution in [0.25, 0.3) is 0 Å². The van der Waals surface area contributed by atoms with Gasteiger partial charge in [-0.25, -0.2) is 0 Å². The van der Waals surface area contributed by atoms with Crippen LogP contribution in [0, 0.1) is 12.3 Å². The maximum Gasteiger partial charge on any atom is 0.187 e. The molecule has 3 aliphatic rings. The molecular weight excluding hydrogens is 212 g/mol. The van der Waals surface area contributed by atoms with Crippen molar-refractivity contribution >= 4 is 0 Å². The van der Waals surface area contributed by atoms with Gasteiger partial charge < -0.3 is 24.1 Å². The lowest BCUT2D eigenvalue weighted by Crippen LogP contribution is -2.61. The normalized spacial score (nSPS) is 53.4. The van der Waals surface area contributed by atoms with Crippen LogP contribution in [0.5, 0.6) is 0 Å². The summed E-state index contributed by atoms with van der Waals surface area (Å²) in [4.78, 5) is 0. The van der Waals surface area contributed by atoms with Crippen LogP contribution in [0.1, 0.15) is 13.8 Å². The smallest absolute Gasteiger partial charge is 0.187 e. The quantitative estimate of drug-likeness (QED) is 0.571. The molecular formula is C11H14O5. The van der Waals surface area contributed by atoms with E-state index in [1.807, 2.05) is 0 Å². The topological polar surface area (TPSA) is 57.2 Å². The highest BCUT2D eigenvalue weighted by molar-refractivity contribution is 5.22. The fraction of sp³-hybridized carbons (Fsp3) is 0.818.